The van der Waals surface area contributed by atoms with Crippen molar-refractivity contribution in [3.63, 3.8) is 0 Å². The molecule has 1 aliphatic heterocycles. The van der Waals surface area contributed by atoms with Crippen LogP contribution >= 0.6 is 24.0 Å². The number of rotatable bonds is 2. The molecule has 1 aromatic carbocycles. The van der Waals surface area contributed by atoms with Gasteiger partial charge in [-0.25, -0.2) is 0 Å². The Labute approximate surface area is 134 Å². The first-order valence-corrected chi connectivity index (χ1v) is 6.88. The van der Waals surface area contributed by atoms with Crippen LogP contribution in [0, 0.1) is 0 Å². The van der Waals surface area contributed by atoms with Crippen molar-refractivity contribution in [2.24, 2.45) is 5.73 Å². The van der Waals surface area contributed by atoms with E-state index in [-0.39, 0.29) is 41.3 Å². The summed E-state index contributed by atoms with van der Waals surface area (Å²) < 4.78 is 5.17. The van der Waals surface area contributed by atoms with Gasteiger partial charge in [-0.2, -0.15) is 0 Å². The van der Waals surface area contributed by atoms with Crippen LogP contribution in [0.4, 0.5) is 0 Å². The van der Waals surface area contributed by atoms with Crippen molar-refractivity contribution >= 4 is 29.9 Å². The van der Waals surface area contributed by atoms with Crippen LogP contribution in [-0.4, -0.2) is 29.9 Å². The number of carbonyl (C=O) groups is 1. The summed E-state index contributed by atoms with van der Waals surface area (Å²) in [6, 6.07) is 13.1. The standard InChI is InChI=1S/C15H15ClN2O2.ClH/c16-14-7-6-13(20-14)15(19)18-8-11(12(17)9-18)10-4-2-1-3-5-10;/h1-7,11-12H,8-9,17H2;1H/t11-,12+;/m0./s1. The number of nitrogens with two attached hydrogens (primary N) is 1. The fraction of sp³-hybridized carbons (Fsp3) is 0.267. The van der Waals surface area contributed by atoms with Crippen LogP contribution in [0.3, 0.4) is 0 Å². The highest BCUT2D eigenvalue weighted by atomic mass is 35.5. The van der Waals surface area contributed by atoms with Gasteiger partial charge in [-0.1, -0.05) is 30.3 Å². The van der Waals surface area contributed by atoms with E-state index in [4.69, 9.17) is 21.8 Å². The van der Waals surface area contributed by atoms with E-state index in [1.165, 1.54) is 0 Å². The molecule has 2 N–H and O–H groups in total. The Balaban J connectivity index is 0.00000161. The number of hydrogen-bond donors (Lipinski definition) is 1. The topological polar surface area (TPSA) is 59.5 Å². The number of benzene rings is 1. The minimum Gasteiger partial charge on any atom is -0.440 e. The van der Waals surface area contributed by atoms with Crippen molar-refractivity contribution in [3.8, 4) is 0 Å². The minimum absolute atomic E-state index is 0. The molecule has 1 amide bonds. The number of furan rings is 1. The summed E-state index contributed by atoms with van der Waals surface area (Å²) in [7, 11) is 0. The van der Waals surface area contributed by atoms with Crippen molar-refractivity contribution < 1.29 is 9.21 Å². The zero-order chi connectivity index (χ0) is 14.1. The summed E-state index contributed by atoms with van der Waals surface area (Å²) in [5.41, 5.74) is 7.33. The van der Waals surface area contributed by atoms with Gasteiger partial charge in [0.25, 0.3) is 5.91 Å². The molecule has 0 spiro atoms. The van der Waals surface area contributed by atoms with Gasteiger partial charge in [-0.15, -0.1) is 12.4 Å². The van der Waals surface area contributed by atoms with Crippen molar-refractivity contribution in [2.45, 2.75) is 12.0 Å². The van der Waals surface area contributed by atoms with Gasteiger partial charge >= 0.3 is 0 Å². The summed E-state index contributed by atoms with van der Waals surface area (Å²) in [6.45, 7) is 1.12. The number of likely N-dealkylation sites (tertiary alicyclic amines) is 1. The van der Waals surface area contributed by atoms with Gasteiger partial charge in [0.2, 0.25) is 0 Å². The molecule has 2 atom stereocenters. The molecule has 1 aliphatic rings. The van der Waals surface area contributed by atoms with Gasteiger partial charge in [0.05, 0.1) is 0 Å². The van der Waals surface area contributed by atoms with Gasteiger partial charge in [-0.05, 0) is 29.3 Å². The van der Waals surface area contributed by atoms with E-state index in [0.717, 1.165) is 5.56 Å². The number of amides is 1. The number of carbonyl (C=O) groups excluding carboxylic acids is 1. The molecule has 112 valence electrons. The van der Waals surface area contributed by atoms with Crippen LogP contribution in [0.5, 0.6) is 0 Å². The highest BCUT2D eigenvalue weighted by molar-refractivity contribution is 6.29. The maximum atomic E-state index is 12.3. The van der Waals surface area contributed by atoms with E-state index in [2.05, 4.69) is 0 Å². The smallest absolute Gasteiger partial charge is 0.289 e. The Morgan fingerprint density at radius 1 is 1.19 bits per heavy atom. The largest absolute Gasteiger partial charge is 0.440 e. The van der Waals surface area contributed by atoms with E-state index in [1.807, 2.05) is 30.3 Å². The summed E-state index contributed by atoms with van der Waals surface area (Å²) >= 11 is 5.70. The van der Waals surface area contributed by atoms with Crippen LogP contribution in [0.1, 0.15) is 22.0 Å². The van der Waals surface area contributed by atoms with E-state index >= 15 is 0 Å². The molecular weight excluding hydrogens is 311 g/mol. The zero-order valence-corrected chi connectivity index (χ0v) is 12.8. The first-order valence-electron chi connectivity index (χ1n) is 6.50. The lowest BCUT2D eigenvalue weighted by molar-refractivity contribution is 0.0757. The van der Waals surface area contributed by atoms with Crippen LogP contribution in [0.15, 0.2) is 46.9 Å². The van der Waals surface area contributed by atoms with Crippen LogP contribution in [0.2, 0.25) is 5.22 Å². The second-order valence-electron chi connectivity index (χ2n) is 4.99. The molecule has 21 heavy (non-hydrogen) atoms. The van der Waals surface area contributed by atoms with Crippen LogP contribution < -0.4 is 5.73 Å². The quantitative estimate of drug-likeness (QED) is 0.923. The van der Waals surface area contributed by atoms with Gasteiger partial charge in [0, 0.05) is 25.0 Å². The SMILES string of the molecule is Cl.N[C@@H]1CN(C(=O)c2ccc(Cl)o2)C[C@H]1c1ccccc1. The predicted octanol–water partition coefficient (Wildman–Crippen LogP) is 2.92. The highest BCUT2D eigenvalue weighted by Gasteiger charge is 2.35. The molecule has 3 rings (SSSR count). The lowest BCUT2D eigenvalue weighted by Gasteiger charge is -2.15. The second kappa shape index (κ2) is 6.52. The number of halogens is 2. The summed E-state index contributed by atoms with van der Waals surface area (Å²) in [5, 5.41) is 0.219. The molecule has 1 fully saturated rings. The molecule has 1 saturated heterocycles. The Bertz CT molecular complexity index is 615. The normalized spacial score (nSPS) is 21.1. The van der Waals surface area contributed by atoms with Gasteiger partial charge < -0.3 is 15.1 Å². The van der Waals surface area contributed by atoms with Crippen LogP contribution in [0.25, 0.3) is 0 Å². The van der Waals surface area contributed by atoms with E-state index < -0.39 is 0 Å². The van der Waals surface area contributed by atoms with Gasteiger partial charge in [0.15, 0.2) is 11.0 Å². The van der Waals surface area contributed by atoms with Gasteiger partial charge in [0.1, 0.15) is 0 Å². The lowest BCUT2D eigenvalue weighted by atomic mass is 9.95. The molecule has 6 heteroatoms. The molecule has 0 radical (unpaired) electrons. The molecule has 0 aliphatic carbocycles. The summed E-state index contributed by atoms with van der Waals surface area (Å²) in [6.07, 6.45) is 0. The average molecular weight is 327 g/mol. The van der Waals surface area contributed by atoms with Crippen LogP contribution in [-0.2, 0) is 0 Å². The zero-order valence-electron chi connectivity index (χ0n) is 11.2. The Morgan fingerprint density at radius 2 is 1.90 bits per heavy atom. The summed E-state index contributed by atoms with van der Waals surface area (Å²) in [4.78, 5) is 14.0. The number of hydrogen-bond acceptors (Lipinski definition) is 3. The van der Waals surface area contributed by atoms with Crippen molar-refractivity contribution in [1.82, 2.24) is 4.90 Å². The molecule has 2 heterocycles. The van der Waals surface area contributed by atoms with E-state index in [1.54, 1.807) is 17.0 Å². The first kappa shape index (κ1) is 15.9. The molecule has 2 aromatic rings. The third-order valence-electron chi connectivity index (χ3n) is 3.66. The monoisotopic (exact) mass is 326 g/mol. The molecule has 1 aromatic heterocycles. The molecule has 0 saturated carbocycles. The molecule has 0 bridgehead atoms. The average Bonchev–Trinajstić information content (AvgIpc) is 3.05. The Hall–Kier alpha value is -1.49. The maximum Gasteiger partial charge on any atom is 0.289 e. The Kier molecular flexibility index (Phi) is 4.93. The fourth-order valence-electron chi connectivity index (χ4n) is 2.63. The van der Waals surface area contributed by atoms with E-state index in [9.17, 15) is 4.79 Å². The summed E-state index contributed by atoms with van der Waals surface area (Å²) in [5.74, 6) is 0.257. The third-order valence-corrected chi connectivity index (χ3v) is 3.87. The fourth-order valence-corrected chi connectivity index (χ4v) is 2.78. The number of nitrogens with zero attached hydrogens (tertiary/aromatic N) is 1. The maximum absolute atomic E-state index is 12.3. The second-order valence-corrected chi connectivity index (χ2v) is 5.37. The lowest BCUT2D eigenvalue weighted by Crippen LogP contribution is -2.32. The third kappa shape index (κ3) is 3.23. The molecule has 0 unspecified atom stereocenters. The van der Waals surface area contributed by atoms with Crippen molar-refractivity contribution in [2.75, 3.05) is 13.1 Å². The van der Waals surface area contributed by atoms with Crippen molar-refractivity contribution in [3.05, 3.63) is 59.0 Å². The first-order chi connectivity index (χ1) is 9.65. The molecular formula is C15H16Cl2N2O2. The van der Waals surface area contributed by atoms with Gasteiger partial charge in [-0.3, -0.25) is 4.79 Å². The minimum atomic E-state index is -0.161. The van der Waals surface area contributed by atoms with E-state index in [0.29, 0.717) is 13.1 Å². The highest BCUT2D eigenvalue weighted by Crippen LogP contribution is 2.28. The molecule has 4 nitrogen and oxygen atoms in total. The predicted molar refractivity (Wildman–Crippen MR) is 84.0 cm³/mol. The Morgan fingerprint density at radius 3 is 2.52 bits per heavy atom. The van der Waals surface area contributed by atoms with Crippen molar-refractivity contribution in [1.29, 1.82) is 0 Å².